The van der Waals surface area contributed by atoms with Crippen LogP contribution in [0.2, 0.25) is 0 Å². The average molecular weight is 308 g/mol. The Balaban J connectivity index is 0.00000200. The second kappa shape index (κ2) is 6.51. The number of halogens is 1. The van der Waals surface area contributed by atoms with E-state index >= 15 is 0 Å². The van der Waals surface area contributed by atoms with Crippen LogP contribution in [0.3, 0.4) is 0 Å². The Morgan fingerprint density at radius 2 is 2.10 bits per heavy atom. The highest BCUT2D eigenvalue weighted by Gasteiger charge is 2.36. The molecule has 20 heavy (non-hydrogen) atoms. The minimum Gasteiger partial charge on any atom is -0.389 e. The second-order valence-corrected chi connectivity index (χ2v) is 4.71. The molecule has 0 amide bonds. The summed E-state index contributed by atoms with van der Waals surface area (Å²) in [5.74, 6) is 0. The molecule has 4 atom stereocenters. The molecule has 2 heterocycles. The Kier molecular flexibility index (Phi) is 5.49. The van der Waals surface area contributed by atoms with Gasteiger partial charge < -0.3 is 20.7 Å². The molecule has 1 aliphatic rings. The summed E-state index contributed by atoms with van der Waals surface area (Å²) in [5, 5.41) is 19.5. The molecule has 2 rings (SSSR count). The van der Waals surface area contributed by atoms with Gasteiger partial charge in [0.1, 0.15) is 12.2 Å². The molecule has 5 N–H and O–H groups in total. The Labute approximate surface area is 120 Å². The van der Waals surface area contributed by atoms with Crippen LogP contribution in [-0.2, 0) is 11.3 Å². The lowest BCUT2D eigenvalue weighted by Crippen LogP contribution is -2.58. The first-order valence-electron chi connectivity index (χ1n) is 5.94. The first-order valence-corrected chi connectivity index (χ1v) is 5.94. The maximum atomic E-state index is 11.7. The molecule has 0 aromatic carbocycles. The van der Waals surface area contributed by atoms with Crippen molar-refractivity contribution in [1.82, 2.24) is 9.55 Å². The van der Waals surface area contributed by atoms with Crippen LogP contribution in [0.4, 0.5) is 0 Å². The van der Waals surface area contributed by atoms with E-state index in [1.54, 1.807) is 6.92 Å². The number of hydrogen-bond acceptors (Lipinski definition) is 6. The molecule has 1 aromatic rings. The Morgan fingerprint density at radius 3 is 2.70 bits per heavy atom. The van der Waals surface area contributed by atoms with Crippen molar-refractivity contribution in [2.24, 2.45) is 5.73 Å². The highest BCUT2D eigenvalue weighted by molar-refractivity contribution is 5.85. The summed E-state index contributed by atoms with van der Waals surface area (Å²) < 4.78 is 6.61. The maximum Gasteiger partial charge on any atom is 0.328 e. The summed E-state index contributed by atoms with van der Waals surface area (Å²) >= 11 is 0. The number of ether oxygens (including phenoxy) is 1. The number of H-pyrrole nitrogens is 1. The number of hydrogen-bond donors (Lipinski definition) is 4. The number of nitrogens with one attached hydrogen (secondary N) is 1. The van der Waals surface area contributed by atoms with Crippen molar-refractivity contribution >= 4 is 12.4 Å². The van der Waals surface area contributed by atoms with E-state index in [0.29, 0.717) is 5.69 Å². The van der Waals surface area contributed by atoms with Gasteiger partial charge in [0.05, 0.1) is 25.3 Å². The zero-order valence-electron chi connectivity index (χ0n) is 10.9. The normalized spacial score (nSPS) is 29.8. The molecule has 114 valence electrons. The molecule has 8 nitrogen and oxygen atoms in total. The smallest absolute Gasteiger partial charge is 0.328 e. The lowest BCUT2D eigenvalue weighted by atomic mass is 9.98. The number of aromatic amines is 1. The molecular weight excluding hydrogens is 290 g/mol. The summed E-state index contributed by atoms with van der Waals surface area (Å²) in [4.78, 5) is 24.9. The molecular formula is C11H18ClN3O5. The first-order chi connectivity index (χ1) is 8.90. The second-order valence-electron chi connectivity index (χ2n) is 4.71. The van der Waals surface area contributed by atoms with E-state index < -0.39 is 35.6 Å². The predicted octanol–water partition coefficient (Wildman–Crippen LogP) is -2.29. The number of rotatable bonds is 2. The van der Waals surface area contributed by atoms with Crippen molar-refractivity contribution in [3.63, 3.8) is 0 Å². The highest BCUT2D eigenvalue weighted by Crippen LogP contribution is 2.15. The SMILES string of the molecule is Cc1cc(=O)[nH]c(=O)n1C[C@H]1OC[C@@H](N)[C@H](O)[C@@H]1O.Cl. The van der Waals surface area contributed by atoms with E-state index in [-0.39, 0.29) is 25.6 Å². The van der Waals surface area contributed by atoms with Gasteiger partial charge in [-0.3, -0.25) is 14.3 Å². The van der Waals surface area contributed by atoms with Crippen molar-refractivity contribution in [2.75, 3.05) is 6.61 Å². The van der Waals surface area contributed by atoms with Crippen molar-refractivity contribution < 1.29 is 14.9 Å². The fraction of sp³-hybridized carbons (Fsp3) is 0.636. The molecule has 0 aliphatic carbocycles. The molecule has 1 fully saturated rings. The first kappa shape index (κ1) is 16.9. The monoisotopic (exact) mass is 307 g/mol. The Morgan fingerprint density at radius 1 is 1.45 bits per heavy atom. The van der Waals surface area contributed by atoms with E-state index in [0.717, 1.165) is 0 Å². The minimum absolute atomic E-state index is 0. The van der Waals surface area contributed by atoms with Crippen LogP contribution in [0.25, 0.3) is 0 Å². The van der Waals surface area contributed by atoms with Crippen LogP contribution in [0.1, 0.15) is 5.69 Å². The van der Waals surface area contributed by atoms with Gasteiger partial charge >= 0.3 is 5.69 Å². The third-order valence-corrected chi connectivity index (χ3v) is 3.28. The molecule has 9 heteroatoms. The zero-order valence-corrected chi connectivity index (χ0v) is 11.7. The lowest BCUT2D eigenvalue weighted by Gasteiger charge is -2.36. The summed E-state index contributed by atoms with van der Waals surface area (Å²) in [6.07, 6.45) is -3.03. The number of nitrogens with zero attached hydrogens (tertiary/aromatic N) is 1. The van der Waals surface area contributed by atoms with Gasteiger partial charge in [-0.25, -0.2) is 4.79 Å². The summed E-state index contributed by atoms with van der Waals surface area (Å²) in [6, 6.07) is 0.623. The number of aliphatic hydroxyl groups excluding tert-OH is 2. The molecule has 0 saturated carbocycles. The number of aliphatic hydroxyl groups is 2. The fourth-order valence-electron chi connectivity index (χ4n) is 2.11. The minimum atomic E-state index is -1.18. The topological polar surface area (TPSA) is 131 Å². The fourth-order valence-corrected chi connectivity index (χ4v) is 2.11. The van der Waals surface area contributed by atoms with Gasteiger partial charge in [-0.15, -0.1) is 12.4 Å². The maximum absolute atomic E-state index is 11.7. The van der Waals surface area contributed by atoms with Crippen molar-refractivity contribution in [3.8, 4) is 0 Å². The summed E-state index contributed by atoms with van der Waals surface area (Å²) in [6.45, 7) is 1.74. The number of aryl methyl sites for hydroxylation is 1. The summed E-state index contributed by atoms with van der Waals surface area (Å²) in [7, 11) is 0. The highest BCUT2D eigenvalue weighted by atomic mass is 35.5. The van der Waals surface area contributed by atoms with Crippen LogP contribution in [0, 0.1) is 6.92 Å². The van der Waals surface area contributed by atoms with Crippen LogP contribution in [-0.4, -0.2) is 50.7 Å². The van der Waals surface area contributed by atoms with Gasteiger partial charge in [-0.1, -0.05) is 0 Å². The third kappa shape index (κ3) is 3.28. The number of aromatic nitrogens is 2. The molecule has 0 unspecified atom stereocenters. The quantitative estimate of drug-likeness (QED) is 0.487. The van der Waals surface area contributed by atoms with Crippen LogP contribution in [0.15, 0.2) is 15.7 Å². The van der Waals surface area contributed by atoms with E-state index in [2.05, 4.69) is 4.98 Å². The van der Waals surface area contributed by atoms with Gasteiger partial charge in [0.2, 0.25) is 0 Å². The third-order valence-electron chi connectivity index (χ3n) is 3.28. The van der Waals surface area contributed by atoms with Crippen molar-refractivity contribution in [1.29, 1.82) is 0 Å². The van der Waals surface area contributed by atoms with E-state index in [9.17, 15) is 19.8 Å². The molecule has 0 spiro atoms. The molecule has 1 aliphatic heterocycles. The Bertz CT molecular complexity index is 572. The van der Waals surface area contributed by atoms with Crippen LogP contribution < -0.4 is 17.0 Å². The van der Waals surface area contributed by atoms with Gasteiger partial charge in [-0.05, 0) is 6.92 Å². The van der Waals surface area contributed by atoms with Gasteiger partial charge in [0.25, 0.3) is 5.56 Å². The van der Waals surface area contributed by atoms with Crippen LogP contribution in [0.5, 0.6) is 0 Å². The van der Waals surface area contributed by atoms with E-state index in [4.69, 9.17) is 10.5 Å². The Hall–Kier alpha value is -1.19. The molecule has 0 bridgehead atoms. The lowest BCUT2D eigenvalue weighted by molar-refractivity contribution is -0.148. The molecule has 1 saturated heterocycles. The van der Waals surface area contributed by atoms with E-state index in [1.807, 2.05) is 0 Å². The standard InChI is InChI=1S/C11H17N3O5.ClH/c1-5-2-8(15)13-11(18)14(5)3-7-10(17)9(16)6(12)4-19-7;/h2,6-7,9-10,16-17H,3-4,12H2,1H3,(H,13,15,18);1H/t6-,7-,9+,10-;/m1./s1. The van der Waals surface area contributed by atoms with Gasteiger partial charge in [0.15, 0.2) is 0 Å². The van der Waals surface area contributed by atoms with Crippen LogP contribution >= 0.6 is 12.4 Å². The van der Waals surface area contributed by atoms with E-state index in [1.165, 1.54) is 10.6 Å². The number of nitrogens with two attached hydrogens (primary N) is 1. The predicted molar refractivity (Wildman–Crippen MR) is 73.0 cm³/mol. The van der Waals surface area contributed by atoms with Crippen molar-refractivity contribution in [2.45, 2.75) is 37.8 Å². The van der Waals surface area contributed by atoms with Gasteiger partial charge in [-0.2, -0.15) is 0 Å². The van der Waals surface area contributed by atoms with Gasteiger partial charge in [0, 0.05) is 11.8 Å². The average Bonchev–Trinajstić information content (AvgIpc) is 2.33. The molecule has 0 radical (unpaired) electrons. The zero-order chi connectivity index (χ0) is 14.2. The van der Waals surface area contributed by atoms with Crippen molar-refractivity contribution in [3.05, 3.63) is 32.6 Å². The largest absolute Gasteiger partial charge is 0.389 e. The summed E-state index contributed by atoms with van der Waals surface area (Å²) in [5.41, 5.74) is 4.95. The molecule has 1 aromatic heterocycles.